The fourth-order valence-electron chi connectivity index (χ4n) is 10.7. The lowest BCUT2D eigenvalue weighted by Gasteiger charge is -2.26. The Morgan fingerprint density at radius 2 is 0.430 bits per heavy atom. The lowest BCUT2D eigenvalue weighted by molar-refractivity contribution is 0.0744. The molecule has 3 aliphatic rings. The average molecular weight is 1160 g/mol. The molecule has 8 aromatic carbocycles. The summed E-state index contributed by atoms with van der Waals surface area (Å²) in [6.45, 7) is 9.52. The van der Waals surface area contributed by atoms with Gasteiger partial charge in [-0.05, 0) is 125 Å². The standard InChI is InChI=1S/C68H68N8O10/c1-41-5-13-53(14-6-41)69-65(77)73-57-33-45-29-46-34-58(74-66(78)70-54-15-7-42(2)8-16-54)39-51-32-52-40-60(76-68(80)72-56-19-11-44(4)12-20-56)36-48-30-47-35-59(75-67(79)71-55-17-9-43(3)10-18-55)38-50(63(47)85-27-23-82-24-28-86-64(48)52)31-49(37-57)61(45)83-25-21-81-22-26-84-62(46)51/h5-20,33-40H,21-32H2,1-4H3,(H2,69,73,77)(H2,70,74,78)(H2,71,75,79)(H2,72,76,80). The summed E-state index contributed by atoms with van der Waals surface area (Å²) in [6, 6.07) is 43.2. The zero-order chi connectivity index (χ0) is 59.5. The normalized spacial score (nSPS) is 13.7. The molecule has 1 aliphatic carbocycles. The van der Waals surface area contributed by atoms with Crippen LogP contribution in [0.5, 0.6) is 23.0 Å². The fraction of sp³-hybridized carbons (Fsp3) is 0.235. The maximum atomic E-state index is 14.1. The molecule has 2 heterocycles. The lowest BCUT2D eigenvalue weighted by Crippen LogP contribution is -2.22. The number of urea groups is 4. The van der Waals surface area contributed by atoms with Crippen molar-refractivity contribution in [2.45, 2.75) is 53.4 Å². The highest BCUT2D eigenvalue weighted by molar-refractivity contribution is 6.02. The van der Waals surface area contributed by atoms with Crippen molar-refractivity contribution < 1.29 is 47.6 Å². The van der Waals surface area contributed by atoms with Gasteiger partial charge in [0.25, 0.3) is 0 Å². The van der Waals surface area contributed by atoms with Crippen molar-refractivity contribution in [1.29, 1.82) is 0 Å². The molecule has 0 atom stereocenters. The second-order valence-corrected chi connectivity index (χ2v) is 21.6. The second-order valence-electron chi connectivity index (χ2n) is 21.6. The summed E-state index contributed by atoms with van der Waals surface area (Å²) in [7, 11) is 0. The zero-order valence-corrected chi connectivity index (χ0v) is 48.4. The molecule has 440 valence electrons. The van der Waals surface area contributed by atoms with E-state index in [2.05, 4.69) is 42.5 Å². The summed E-state index contributed by atoms with van der Waals surface area (Å²) in [5.74, 6) is 2.09. The number of nitrogens with one attached hydrogen (secondary N) is 8. The third kappa shape index (κ3) is 15.0. The maximum absolute atomic E-state index is 14.1. The predicted octanol–water partition coefficient (Wildman–Crippen LogP) is 13.7. The molecule has 18 nitrogen and oxygen atoms in total. The molecule has 8 amide bonds. The van der Waals surface area contributed by atoms with Crippen LogP contribution >= 0.6 is 0 Å². The summed E-state index contributed by atoms with van der Waals surface area (Å²) >= 11 is 0. The van der Waals surface area contributed by atoms with Crippen molar-refractivity contribution in [2.75, 3.05) is 95.4 Å². The molecule has 18 heteroatoms. The van der Waals surface area contributed by atoms with Crippen LogP contribution in [0, 0.1) is 27.7 Å². The van der Waals surface area contributed by atoms with Crippen LogP contribution in [0.2, 0.25) is 0 Å². The van der Waals surface area contributed by atoms with Crippen molar-refractivity contribution in [3.05, 3.63) is 212 Å². The summed E-state index contributed by atoms with van der Waals surface area (Å²) in [4.78, 5) is 56.3. The van der Waals surface area contributed by atoms with Crippen molar-refractivity contribution in [3.8, 4) is 23.0 Å². The number of aryl methyl sites for hydroxylation is 4. The van der Waals surface area contributed by atoms with Crippen LogP contribution in [-0.4, -0.2) is 77.0 Å². The van der Waals surface area contributed by atoms with Gasteiger partial charge in [-0.15, -0.1) is 0 Å². The molecule has 8 N–H and O–H groups in total. The topological polar surface area (TPSA) is 220 Å². The van der Waals surface area contributed by atoms with Gasteiger partial charge in [0.1, 0.15) is 49.4 Å². The zero-order valence-electron chi connectivity index (χ0n) is 48.4. The summed E-state index contributed by atoms with van der Waals surface area (Å²) < 4.78 is 39.7. The van der Waals surface area contributed by atoms with Crippen molar-refractivity contribution in [3.63, 3.8) is 0 Å². The Labute approximate surface area is 499 Å². The van der Waals surface area contributed by atoms with Gasteiger partial charge in [0.2, 0.25) is 0 Å². The second kappa shape index (κ2) is 26.7. The monoisotopic (exact) mass is 1160 g/mol. The third-order valence-corrected chi connectivity index (χ3v) is 14.7. The number of rotatable bonds is 8. The number of hydrogen-bond acceptors (Lipinski definition) is 10. The highest BCUT2D eigenvalue weighted by Gasteiger charge is 2.27. The Bertz CT molecular complexity index is 3310. The number of carbonyl (C=O) groups excluding carboxylic acids is 4. The van der Waals surface area contributed by atoms with Gasteiger partial charge in [-0.2, -0.15) is 0 Å². The van der Waals surface area contributed by atoms with Gasteiger partial charge in [-0.3, -0.25) is 0 Å². The number of anilines is 8. The number of amides is 8. The third-order valence-electron chi connectivity index (χ3n) is 14.7. The van der Waals surface area contributed by atoms with E-state index in [0.717, 1.165) is 22.3 Å². The molecule has 12 bridgehead atoms. The van der Waals surface area contributed by atoms with Crippen LogP contribution in [0.1, 0.15) is 66.8 Å². The van der Waals surface area contributed by atoms with Crippen LogP contribution in [0.3, 0.4) is 0 Å². The number of ether oxygens (including phenoxy) is 6. The molecule has 8 aromatic rings. The van der Waals surface area contributed by atoms with Gasteiger partial charge in [0.05, 0.1) is 26.4 Å². The minimum atomic E-state index is -0.472. The van der Waals surface area contributed by atoms with Crippen LogP contribution in [0.4, 0.5) is 64.7 Å². The van der Waals surface area contributed by atoms with Crippen LogP contribution < -0.4 is 61.5 Å². The van der Waals surface area contributed by atoms with Crippen LogP contribution in [-0.2, 0) is 35.2 Å². The first-order valence-electron chi connectivity index (χ1n) is 28.7. The molecule has 0 aromatic heterocycles. The highest BCUT2D eigenvalue weighted by Crippen LogP contribution is 2.43. The molecule has 0 saturated heterocycles. The fourth-order valence-corrected chi connectivity index (χ4v) is 10.7. The predicted molar refractivity (Wildman–Crippen MR) is 336 cm³/mol. The van der Waals surface area contributed by atoms with Crippen molar-refractivity contribution >= 4 is 69.6 Å². The summed E-state index contributed by atoms with van der Waals surface area (Å²) in [6.07, 6.45) is 0.665. The average Bonchev–Trinajstić information content (AvgIpc) is 1.52. The first kappa shape index (κ1) is 57.8. The van der Waals surface area contributed by atoms with Gasteiger partial charge in [0.15, 0.2) is 0 Å². The van der Waals surface area contributed by atoms with E-state index >= 15 is 0 Å². The molecule has 0 radical (unpaired) electrons. The van der Waals surface area contributed by atoms with Gasteiger partial charge in [-0.25, -0.2) is 19.2 Å². The molecule has 0 saturated carbocycles. The molecule has 86 heavy (non-hydrogen) atoms. The smallest absolute Gasteiger partial charge is 0.323 e. The number of carbonyl (C=O) groups is 4. The highest BCUT2D eigenvalue weighted by atomic mass is 16.6. The van der Waals surface area contributed by atoms with Crippen molar-refractivity contribution in [1.82, 2.24) is 0 Å². The molecule has 11 rings (SSSR count). The largest absolute Gasteiger partial charge is 0.491 e. The van der Waals surface area contributed by atoms with Crippen LogP contribution in [0.25, 0.3) is 0 Å². The van der Waals surface area contributed by atoms with E-state index in [-0.39, 0.29) is 78.5 Å². The molecule has 0 fully saturated rings. The van der Waals surface area contributed by atoms with Gasteiger partial charge in [-0.1, -0.05) is 70.8 Å². The van der Waals surface area contributed by atoms with E-state index in [9.17, 15) is 19.2 Å². The van der Waals surface area contributed by atoms with E-state index in [1.165, 1.54) is 0 Å². The first-order valence-corrected chi connectivity index (χ1v) is 28.7. The van der Waals surface area contributed by atoms with Gasteiger partial charge >= 0.3 is 24.1 Å². The van der Waals surface area contributed by atoms with Crippen molar-refractivity contribution in [2.24, 2.45) is 0 Å². The van der Waals surface area contributed by atoms with E-state index in [4.69, 9.17) is 28.4 Å². The van der Waals surface area contributed by atoms with E-state index < -0.39 is 24.1 Å². The Morgan fingerprint density at radius 1 is 0.256 bits per heavy atom. The summed E-state index contributed by atoms with van der Waals surface area (Å²) in [5.41, 5.74) is 13.8. The van der Waals surface area contributed by atoms with E-state index in [0.29, 0.717) is 113 Å². The maximum Gasteiger partial charge on any atom is 0.323 e. The summed E-state index contributed by atoms with van der Waals surface area (Å²) in [5, 5.41) is 24.3. The quantitative estimate of drug-likeness (QED) is 0.0719. The van der Waals surface area contributed by atoms with Gasteiger partial charge in [0, 0.05) is 116 Å². The molecular weight excluding hydrogens is 1090 g/mol. The minimum absolute atomic E-state index is 0.154. The lowest BCUT2D eigenvalue weighted by atomic mass is 9.90. The Balaban J connectivity index is 1.12. The Morgan fingerprint density at radius 3 is 0.616 bits per heavy atom. The Kier molecular flexibility index (Phi) is 17.9. The molecule has 0 spiro atoms. The van der Waals surface area contributed by atoms with Crippen LogP contribution in [0.15, 0.2) is 146 Å². The number of benzene rings is 8. The number of hydrogen-bond donors (Lipinski definition) is 8. The molecule has 0 unspecified atom stereocenters. The first-order chi connectivity index (χ1) is 41.8. The van der Waals surface area contributed by atoms with E-state index in [1.807, 2.05) is 173 Å². The SMILES string of the molecule is Cc1ccc(NC(=O)Nc2cc3c4c(c2)Cc2cc(NC(=O)Nc5ccc(C)cc5)cc5c2OCCOCCOc2c(cc(NC(=O)Nc6ccc(C)cc6)cc2Cc2cc(NC(=O)Nc6ccc(C)cc6)cc(c2OCCOCCO4)C3)C5)cc1. The minimum Gasteiger partial charge on any atom is -0.491 e. The van der Waals surface area contributed by atoms with Gasteiger partial charge < -0.3 is 71.0 Å². The molecular formula is C68H68N8O10. The Hall–Kier alpha value is -10.0. The van der Waals surface area contributed by atoms with E-state index in [1.54, 1.807) is 0 Å². The molecule has 2 aliphatic heterocycles.